The van der Waals surface area contributed by atoms with E-state index in [-0.39, 0.29) is 0 Å². The van der Waals surface area contributed by atoms with Crippen LogP contribution in [-0.2, 0) is 0 Å². The first kappa shape index (κ1) is 11.9. The molecule has 2 aliphatic rings. The standard InChI is InChI=1S/C14H22N4/c1-10-14(16-6-5-15-10)17-9-11-7-12-3-4-13(8-11)18(12)2/h5-6,11-13H,3-4,7-9H2,1-2H3,(H,16,17). The minimum Gasteiger partial charge on any atom is -0.368 e. The highest BCUT2D eigenvalue weighted by Crippen LogP contribution is 2.37. The van der Waals surface area contributed by atoms with Crippen LogP contribution in [0.15, 0.2) is 12.4 Å². The molecule has 0 amide bonds. The summed E-state index contributed by atoms with van der Waals surface area (Å²) < 4.78 is 0. The summed E-state index contributed by atoms with van der Waals surface area (Å²) in [6.45, 7) is 3.05. The number of aromatic nitrogens is 2. The quantitative estimate of drug-likeness (QED) is 0.886. The first-order valence-electron chi connectivity index (χ1n) is 6.97. The molecule has 2 unspecified atom stereocenters. The Morgan fingerprint density at radius 3 is 2.56 bits per heavy atom. The van der Waals surface area contributed by atoms with Gasteiger partial charge in [-0.3, -0.25) is 4.98 Å². The molecule has 1 N–H and O–H groups in total. The summed E-state index contributed by atoms with van der Waals surface area (Å²) in [5.41, 5.74) is 0.994. The van der Waals surface area contributed by atoms with E-state index in [0.717, 1.165) is 36.1 Å². The van der Waals surface area contributed by atoms with E-state index in [1.807, 2.05) is 6.92 Å². The van der Waals surface area contributed by atoms with Gasteiger partial charge < -0.3 is 10.2 Å². The normalized spacial score (nSPS) is 31.6. The number of rotatable bonds is 3. The summed E-state index contributed by atoms with van der Waals surface area (Å²) in [6.07, 6.45) is 8.95. The zero-order chi connectivity index (χ0) is 12.5. The maximum absolute atomic E-state index is 4.35. The predicted octanol–water partition coefficient (Wildman–Crippen LogP) is 2.07. The van der Waals surface area contributed by atoms with Crippen LogP contribution >= 0.6 is 0 Å². The van der Waals surface area contributed by atoms with Crippen molar-refractivity contribution in [1.82, 2.24) is 14.9 Å². The maximum atomic E-state index is 4.35. The zero-order valence-electron chi connectivity index (χ0n) is 11.3. The van der Waals surface area contributed by atoms with Gasteiger partial charge in [-0.15, -0.1) is 0 Å². The van der Waals surface area contributed by atoms with Gasteiger partial charge in [-0.05, 0) is 45.6 Å². The van der Waals surface area contributed by atoms with Crippen molar-refractivity contribution in [3.63, 3.8) is 0 Å². The molecule has 0 spiro atoms. The highest BCUT2D eigenvalue weighted by Gasteiger charge is 2.38. The fourth-order valence-corrected chi connectivity index (χ4v) is 3.51. The molecule has 2 bridgehead atoms. The van der Waals surface area contributed by atoms with Crippen LogP contribution in [0.4, 0.5) is 5.82 Å². The lowest BCUT2D eigenvalue weighted by molar-refractivity contribution is 0.139. The van der Waals surface area contributed by atoms with Crippen molar-refractivity contribution in [3.8, 4) is 0 Å². The smallest absolute Gasteiger partial charge is 0.147 e. The number of nitrogens with zero attached hydrogens (tertiary/aromatic N) is 3. The lowest BCUT2D eigenvalue weighted by atomic mass is 9.91. The zero-order valence-corrected chi connectivity index (χ0v) is 11.3. The second-order valence-electron chi connectivity index (χ2n) is 5.76. The van der Waals surface area contributed by atoms with Crippen molar-refractivity contribution in [2.45, 2.75) is 44.7 Å². The lowest BCUT2D eigenvalue weighted by Crippen LogP contribution is -2.41. The third-order valence-corrected chi connectivity index (χ3v) is 4.64. The summed E-state index contributed by atoms with van der Waals surface area (Å²) >= 11 is 0. The first-order chi connectivity index (χ1) is 8.74. The lowest BCUT2D eigenvalue weighted by Gasteiger charge is -2.36. The molecule has 3 heterocycles. The Hall–Kier alpha value is -1.16. The molecule has 0 radical (unpaired) electrons. The van der Waals surface area contributed by atoms with Gasteiger partial charge in [0.05, 0.1) is 5.69 Å². The van der Waals surface area contributed by atoms with Crippen LogP contribution in [0.5, 0.6) is 0 Å². The van der Waals surface area contributed by atoms with Crippen LogP contribution in [0, 0.1) is 12.8 Å². The first-order valence-corrected chi connectivity index (χ1v) is 6.97. The fraction of sp³-hybridized carbons (Fsp3) is 0.714. The van der Waals surface area contributed by atoms with Crippen LogP contribution < -0.4 is 5.32 Å². The number of piperidine rings is 1. The number of fused-ring (bicyclic) bond motifs is 2. The van der Waals surface area contributed by atoms with Gasteiger partial charge in [0, 0.05) is 31.0 Å². The molecule has 2 atom stereocenters. The van der Waals surface area contributed by atoms with E-state index < -0.39 is 0 Å². The molecule has 98 valence electrons. The third kappa shape index (κ3) is 2.21. The molecule has 3 rings (SSSR count). The summed E-state index contributed by atoms with van der Waals surface area (Å²) in [7, 11) is 2.29. The Bertz CT molecular complexity index is 406. The van der Waals surface area contributed by atoms with Crippen molar-refractivity contribution in [3.05, 3.63) is 18.1 Å². The number of anilines is 1. The maximum Gasteiger partial charge on any atom is 0.147 e. The van der Waals surface area contributed by atoms with Gasteiger partial charge in [0.15, 0.2) is 0 Å². The molecule has 0 aliphatic carbocycles. The second-order valence-corrected chi connectivity index (χ2v) is 5.76. The largest absolute Gasteiger partial charge is 0.368 e. The Kier molecular flexibility index (Phi) is 3.20. The molecule has 0 aromatic carbocycles. The fourth-order valence-electron chi connectivity index (χ4n) is 3.51. The van der Waals surface area contributed by atoms with E-state index in [4.69, 9.17) is 0 Å². The van der Waals surface area contributed by atoms with Gasteiger partial charge >= 0.3 is 0 Å². The van der Waals surface area contributed by atoms with Gasteiger partial charge in [0.25, 0.3) is 0 Å². The Morgan fingerprint density at radius 2 is 1.89 bits per heavy atom. The van der Waals surface area contributed by atoms with Gasteiger partial charge in [0.1, 0.15) is 5.82 Å². The number of hydrogen-bond donors (Lipinski definition) is 1. The molecule has 1 aromatic heterocycles. The Balaban J connectivity index is 1.57. The molecular formula is C14H22N4. The minimum absolute atomic E-state index is 0.792. The second kappa shape index (κ2) is 4.84. The number of aryl methyl sites for hydroxylation is 1. The molecule has 2 saturated heterocycles. The number of hydrogen-bond acceptors (Lipinski definition) is 4. The van der Waals surface area contributed by atoms with Gasteiger partial charge in [0.2, 0.25) is 0 Å². The highest BCUT2D eigenvalue weighted by molar-refractivity contribution is 5.38. The van der Waals surface area contributed by atoms with E-state index in [2.05, 4.69) is 27.2 Å². The summed E-state index contributed by atoms with van der Waals surface area (Å²) in [5, 5.41) is 3.47. The van der Waals surface area contributed by atoms with Gasteiger partial charge in [-0.1, -0.05) is 0 Å². The third-order valence-electron chi connectivity index (χ3n) is 4.64. The van der Waals surface area contributed by atoms with Crippen molar-refractivity contribution in [2.24, 2.45) is 5.92 Å². The molecule has 0 saturated carbocycles. The average Bonchev–Trinajstić information content (AvgIpc) is 2.62. The molecule has 4 heteroatoms. The van der Waals surface area contributed by atoms with Crippen molar-refractivity contribution in [2.75, 3.05) is 18.9 Å². The van der Waals surface area contributed by atoms with Crippen LogP contribution in [0.1, 0.15) is 31.4 Å². The Morgan fingerprint density at radius 1 is 1.22 bits per heavy atom. The summed E-state index contributed by atoms with van der Waals surface area (Å²) in [5.74, 6) is 1.74. The van der Waals surface area contributed by atoms with Crippen LogP contribution in [0.3, 0.4) is 0 Å². The van der Waals surface area contributed by atoms with E-state index in [1.54, 1.807) is 12.4 Å². The van der Waals surface area contributed by atoms with Crippen LogP contribution in [-0.4, -0.2) is 40.5 Å². The van der Waals surface area contributed by atoms with Crippen molar-refractivity contribution in [1.29, 1.82) is 0 Å². The molecule has 1 aromatic rings. The van der Waals surface area contributed by atoms with Crippen LogP contribution in [0.25, 0.3) is 0 Å². The van der Waals surface area contributed by atoms with E-state index >= 15 is 0 Å². The highest BCUT2D eigenvalue weighted by atomic mass is 15.2. The monoisotopic (exact) mass is 246 g/mol. The Labute approximate surface area is 109 Å². The molecule has 4 nitrogen and oxygen atoms in total. The SMILES string of the molecule is Cc1nccnc1NCC1CC2CCC(C1)N2C. The van der Waals surface area contributed by atoms with E-state index in [9.17, 15) is 0 Å². The average molecular weight is 246 g/mol. The van der Waals surface area contributed by atoms with Gasteiger partial charge in [-0.2, -0.15) is 0 Å². The summed E-state index contributed by atoms with van der Waals surface area (Å²) in [4.78, 5) is 11.2. The van der Waals surface area contributed by atoms with E-state index in [0.29, 0.717) is 0 Å². The molecule has 18 heavy (non-hydrogen) atoms. The van der Waals surface area contributed by atoms with Crippen molar-refractivity contribution >= 4 is 5.82 Å². The minimum atomic E-state index is 0.792. The summed E-state index contributed by atoms with van der Waals surface area (Å²) in [6, 6.07) is 1.64. The van der Waals surface area contributed by atoms with Crippen LogP contribution in [0.2, 0.25) is 0 Å². The molecule has 2 fully saturated rings. The van der Waals surface area contributed by atoms with Gasteiger partial charge in [-0.25, -0.2) is 4.98 Å². The predicted molar refractivity (Wildman–Crippen MR) is 72.6 cm³/mol. The topological polar surface area (TPSA) is 41.1 Å². The van der Waals surface area contributed by atoms with Crippen molar-refractivity contribution < 1.29 is 0 Å². The van der Waals surface area contributed by atoms with E-state index in [1.165, 1.54) is 25.7 Å². The molecular weight excluding hydrogens is 224 g/mol. The number of nitrogens with one attached hydrogen (secondary N) is 1. The molecule has 2 aliphatic heterocycles.